The first-order valence-corrected chi connectivity index (χ1v) is 5.81. The Balaban J connectivity index is 2.66. The third-order valence-electron chi connectivity index (χ3n) is 3.82. The van der Waals surface area contributed by atoms with Gasteiger partial charge in [0.15, 0.2) is 5.69 Å². The lowest BCUT2D eigenvalue weighted by Gasteiger charge is -2.34. The van der Waals surface area contributed by atoms with Crippen molar-refractivity contribution >= 4 is 28.4 Å². The molecule has 8 N–H and O–H groups in total. The SMILES string of the molecule is CC(C)(C)[N+]1(c2c(N)cc(N)c(N)c2N)CC1. The van der Waals surface area contributed by atoms with Gasteiger partial charge in [-0.15, -0.1) is 0 Å². The second kappa shape index (κ2) is 3.20. The van der Waals surface area contributed by atoms with Gasteiger partial charge in [0.2, 0.25) is 0 Å². The first kappa shape index (κ1) is 11.9. The molecule has 5 nitrogen and oxygen atoms in total. The fourth-order valence-electron chi connectivity index (χ4n) is 2.56. The van der Waals surface area contributed by atoms with Crippen molar-refractivity contribution in [1.29, 1.82) is 0 Å². The van der Waals surface area contributed by atoms with Gasteiger partial charge in [0.25, 0.3) is 0 Å². The molecule has 1 aliphatic heterocycles. The van der Waals surface area contributed by atoms with E-state index in [0.717, 1.165) is 23.3 Å². The molecule has 1 saturated heterocycles. The highest BCUT2D eigenvalue weighted by Gasteiger charge is 2.56. The first-order valence-electron chi connectivity index (χ1n) is 5.81. The van der Waals surface area contributed by atoms with Crippen LogP contribution in [0.3, 0.4) is 0 Å². The third kappa shape index (κ3) is 1.50. The zero-order valence-electron chi connectivity index (χ0n) is 10.7. The topological polar surface area (TPSA) is 104 Å². The molecule has 5 heteroatoms. The molecule has 1 aromatic carbocycles. The zero-order valence-corrected chi connectivity index (χ0v) is 10.7. The fraction of sp³-hybridized carbons (Fsp3) is 0.500. The number of quaternary nitrogens is 1. The highest BCUT2D eigenvalue weighted by atomic mass is 15.5. The van der Waals surface area contributed by atoms with E-state index < -0.39 is 0 Å². The van der Waals surface area contributed by atoms with Crippen LogP contribution in [0.5, 0.6) is 0 Å². The monoisotopic (exact) mass is 236 g/mol. The van der Waals surface area contributed by atoms with Gasteiger partial charge in [0.1, 0.15) is 18.8 Å². The molecule has 1 fully saturated rings. The highest BCUT2D eigenvalue weighted by Crippen LogP contribution is 2.50. The molecule has 0 bridgehead atoms. The molecule has 0 atom stereocenters. The van der Waals surface area contributed by atoms with E-state index in [0.29, 0.717) is 22.7 Å². The lowest BCUT2D eigenvalue weighted by molar-refractivity contribution is 0.309. The van der Waals surface area contributed by atoms with E-state index in [1.54, 1.807) is 6.07 Å². The molecule has 2 rings (SSSR count). The van der Waals surface area contributed by atoms with Crippen LogP contribution in [0.1, 0.15) is 20.8 Å². The Morgan fingerprint density at radius 1 is 0.941 bits per heavy atom. The average molecular weight is 236 g/mol. The Labute approximate surface area is 102 Å². The molecule has 94 valence electrons. The fourth-order valence-corrected chi connectivity index (χ4v) is 2.56. The van der Waals surface area contributed by atoms with Crippen LogP contribution < -0.4 is 27.4 Å². The standard InChI is InChI=1S/C12H22N5/c1-12(2,3)17(4-5-17)11-8(14)6-7(13)9(15)10(11)16/h6H,4-5,13-16H2,1-3H3/q+1. The summed E-state index contributed by atoms with van der Waals surface area (Å²) in [6.45, 7) is 8.64. The number of hydrogen-bond donors (Lipinski definition) is 4. The van der Waals surface area contributed by atoms with Gasteiger partial charge in [-0.05, 0) is 26.8 Å². The van der Waals surface area contributed by atoms with Crippen molar-refractivity contribution in [2.24, 2.45) is 0 Å². The number of nitrogens with zero attached hydrogens (tertiary/aromatic N) is 1. The second-order valence-corrected chi connectivity index (χ2v) is 5.82. The molecular formula is C12H22N5+. The maximum absolute atomic E-state index is 6.11. The minimum Gasteiger partial charge on any atom is -0.397 e. The molecule has 0 unspecified atom stereocenters. The predicted molar refractivity (Wildman–Crippen MR) is 75.4 cm³/mol. The Morgan fingerprint density at radius 3 is 1.88 bits per heavy atom. The second-order valence-electron chi connectivity index (χ2n) is 5.82. The minimum atomic E-state index is 0.0603. The van der Waals surface area contributed by atoms with Crippen molar-refractivity contribution in [2.45, 2.75) is 26.3 Å². The van der Waals surface area contributed by atoms with Crippen LogP contribution >= 0.6 is 0 Å². The summed E-state index contributed by atoms with van der Waals surface area (Å²) in [7, 11) is 0. The van der Waals surface area contributed by atoms with Crippen LogP contribution in [-0.2, 0) is 0 Å². The number of rotatable bonds is 1. The summed E-state index contributed by atoms with van der Waals surface area (Å²) in [4.78, 5) is 0. The number of anilines is 4. The Morgan fingerprint density at radius 2 is 1.47 bits per heavy atom. The van der Waals surface area contributed by atoms with Gasteiger partial charge in [0, 0.05) is 0 Å². The van der Waals surface area contributed by atoms with Crippen LogP contribution in [0.15, 0.2) is 6.07 Å². The molecule has 0 amide bonds. The number of nitrogen functional groups attached to an aromatic ring is 4. The molecule has 0 spiro atoms. The lowest BCUT2D eigenvalue weighted by Crippen LogP contribution is -2.46. The van der Waals surface area contributed by atoms with Gasteiger partial charge in [-0.3, -0.25) is 4.48 Å². The van der Waals surface area contributed by atoms with E-state index in [9.17, 15) is 0 Å². The van der Waals surface area contributed by atoms with E-state index >= 15 is 0 Å². The molecule has 0 radical (unpaired) electrons. The summed E-state index contributed by atoms with van der Waals surface area (Å²) in [5, 5.41) is 0. The Bertz CT molecular complexity index is 469. The molecule has 1 aliphatic rings. The first-order chi connectivity index (χ1) is 7.71. The van der Waals surface area contributed by atoms with Gasteiger partial charge in [0.05, 0.1) is 22.6 Å². The van der Waals surface area contributed by atoms with Crippen molar-refractivity contribution in [3.63, 3.8) is 0 Å². The summed E-state index contributed by atoms with van der Waals surface area (Å²) in [5.41, 5.74) is 26.9. The van der Waals surface area contributed by atoms with Crippen LogP contribution in [-0.4, -0.2) is 18.6 Å². The van der Waals surface area contributed by atoms with E-state index in [2.05, 4.69) is 20.8 Å². The molecule has 0 aliphatic carbocycles. The minimum absolute atomic E-state index is 0.0603. The van der Waals surface area contributed by atoms with E-state index in [1.165, 1.54) is 0 Å². The van der Waals surface area contributed by atoms with Crippen molar-refractivity contribution in [2.75, 3.05) is 36.0 Å². The van der Waals surface area contributed by atoms with Crippen molar-refractivity contribution < 1.29 is 0 Å². The maximum atomic E-state index is 6.11. The summed E-state index contributed by atoms with van der Waals surface area (Å²) in [6.07, 6.45) is 0. The average Bonchev–Trinajstić information content (AvgIpc) is 2.94. The molecule has 17 heavy (non-hydrogen) atoms. The van der Waals surface area contributed by atoms with Gasteiger partial charge < -0.3 is 22.9 Å². The smallest absolute Gasteiger partial charge is 0.182 e. The number of hydrogen-bond acceptors (Lipinski definition) is 4. The molecular weight excluding hydrogens is 214 g/mol. The van der Waals surface area contributed by atoms with Crippen molar-refractivity contribution in [3.05, 3.63) is 6.07 Å². The van der Waals surface area contributed by atoms with Crippen LogP contribution in [0.4, 0.5) is 28.4 Å². The lowest BCUT2D eigenvalue weighted by atomic mass is 10.0. The number of nitrogens with two attached hydrogens (primary N) is 4. The molecule has 0 aromatic heterocycles. The summed E-state index contributed by atoms with van der Waals surface area (Å²) in [6, 6.07) is 1.71. The predicted octanol–water partition coefficient (Wildman–Crippen LogP) is 1.13. The van der Waals surface area contributed by atoms with E-state index in [4.69, 9.17) is 22.9 Å². The normalized spacial score (nSPS) is 18.1. The van der Waals surface area contributed by atoms with E-state index in [1.807, 2.05) is 0 Å². The van der Waals surface area contributed by atoms with Crippen molar-refractivity contribution in [3.8, 4) is 0 Å². The summed E-state index contributed by atoms with van der Waals surface area (Å²) >= 11 is 0. The molecule has 0 saturated carbocycles. The van der Waals surface area contributed by atoms with Crippen molar-refractivity contribution in [1.82, 2.24) is 4.48 Å². The Hall–Kier alpha value is -1.62. The maximum Gasteiger partial charge on any atom is 0.182 e. The molecule has 1 aromatic rings. The third-order valence-corrected chi connectivity index (χ3v) is 3.82. The summed E-state index contributed by atoms with van der Waals surface area (Å²) in [5.74, 6) is 0. The van der Waals surface area contributed by atoms with Crippen LogP contribution in [0.2, 0.25) is 0 Å². The van der Waals surface area contributed by atoms with Gasteiger partial charge in [-0.25, -0.2) is 0 Å². The highest BCUT2D eigenvalue weighted by molar-refractivity contribution is 5.95. The van der Waals surface area contributed by atoms with E-state index in [-0.39, 0.29) is 5.54 Å². The summed E-state index contributed by atoms with van der Waals surface area (Å²) < 4.78 is 0.787. The van der Waals surface area contributed by atoms with Gasteiger partial charge >= 0.3 is 0 Å². The van der Waals surface area contributed by atoms with Crippen LogP contribution in [0, 0.1) is 0 Å². The van der Waals surface area contributed by atoms with Gasteiger partial charge in [-0.1, -0.05) is 0 Å². The quantitative estimate of drug-likeness (QED) is 0.333. The van der Waals surface area contributed by atoms with Crippen LogP contribution in [0.25, 0.3) is 0 Å². The largest absolute Gasteiger partial charge is 0.397 e. The number of benzene rings is 1. The van der Waals surface area contributed by atoms with Gasteiger partial charge in [-0.2, -0.15) is 0 Å². The Kier molecular flexibility index (Phi) is 2.23. The molecule has 1 heterocycles. The zero-order chi connectivity index (χ0) is 13.0.